The lowest BCUT2D eigenvalue weighted by Gasteiger charge is -2.08. The first kappa shape index (κ1) is 11.8. The fraction of sp³-hybridized carbons (Fsp3) is 0.308. The molecule has 0 atom stereocenters. The molecule has 1 heterocycles. The van der Waals surface area contributed by atoms with E-state index < -0.39 is 0 Å². The molecule has 0 radical (unpaired) electrons. The van der Waals surface area contributed by atoms with Gasteiger partial charge in [-0.3, -0.25) is 0 Å². The summed E-state index contributed by atoms with van der Waals surface area (Å²) in [7, 11) is 0. The quantitative estimate of drug-likeness (QED) is 0.743. The summed E-state index contributed by atoms with van der Waals surface area (Å²) >= 11 is 3.70. The van der Waals surface area contributed by atoms with Gasteiger partial charge in [0.15, 0.2) is 0 Å². The molecule has 16 heavy (non-hydrogen) atoms. The van der Waals surface area contributed by atoms with Gasteiger partial charge in [-0.2, -0.15) is 0 Å². The van der Waals surface area contributed by atoms with Crippen molar-refractivity contribution in [3.63, 3.8) is 0 Å². The lowest BCUT2D eigenvalue weighted by molar-refractivity contribution is 1.08. The van der Waals surface area contributed by atoms with E-state index >= 15 is 0 Å². The highest BCUT2D eigenvalue weighted by molar-refractivity contribution is 8.02. The van der Waals surface area contributed by atoms with E-state index in [-0.39, 0.29) is 0 Å². The van der Waals surface area contributed by atoms with E-state index in [1.54, 1.807) is 0 Å². The van der Waals surface area contributed by atoms with Crippen LogP contribution in [0.25, 0.3) is 10.9 Å². The second-order valence-electron chi connectivity index (χ2n) is 3.35. The second-order valence-corrected chi connectivity index (χ2v) is 5.91. The van der Waals surface area contributed by atoms with Crippen LogP contribution in [0.5, 0.6) is 0 Å². The molecule has 84 valence electrons. The Labute approximate surface area is 105 Å². The summed E-state index contributed by atoms with van der Waals surface area (Å²) in [6.45, 7) is 4.35. The minimum atomic E-state index is 1.07. The van der Waals surface area contributed by atoms with Crippen molar-refractivity contribution in [1.29, 1.82) is 0 Å². The number of pyridine rings is 1. The standard InChI is InChI=1S/C13H15NS2/c1-3-15-12-9-10-7-5-6-8-11(10)14-13(12)16-4-2/h5-9H,3-4H2,1-2H3. The van der Waals surface area contributed by atoms with E-state index in [2.05, 4.69) is 38.1 Å². The third-order valence-electron chi connectivity index (χ3n) is 2.24. The number of benzene rings is 1. The molecule has 0 unspecified atom stereocenters. The first-order valence-corrected chi connectivity index (χ1v) is 7.47. The molecular weight excluding hydrogens is 234 g/mol. The summed E-state index contributed by atoms with van der Waals surface area (Å²) in [4.78, 5) is 6.04. The van der Waals surface area contributed by atoms with Crippen LogP contribution in [-0.2, 0) is 0 Å². The molecule has 0 aliphatic carbocycles. The molecular formula is C13H15NS2. The molecule has 0 saturated carbocycles. The Morgan fingerprint density at radius 3 is 2.56 bits per heavy atom. The van der Waals surface area contributed by atoms with Gasteiger partial charge in [-0.25, -0.2) is 4.98 Å². The summed E-state index contributed by atoms with van der Waals surface area (Å²) in [5.74, 6) is 2.17. The zero-order valence-electron chi connectivity index (χ0n) is 9.56. The molecule has 0 bridgehead atoms. The predicted octanol–water partition coefficient (Wildman–Crippen LogP) is 4.46. The Bertz CT molecular complexity index is 438. The van der Waals surface area contributed by atoms with Crippen LogP contribution >= 0.6 is 23.5 Å². The number of rotatable bonds is 4. The van der Waals surface area contributed by atoms with Crippen LogP contribution < -0.4 is 0 Å². The maximum Gasteiger partial charge on any atom is 0.110 e. The molecule has 3 heteroatoms. The summed E-state index contributed by atoms with van der Waals surface area (Å²) < 4.78 is 0. The van der Waals surface area contributed by atoms with E-state index in [0.717, 1.165) is 17.0 Å². The highest BCUT2D eigenvalue weighted by Crippen LogP contribution is 2.31. The SMILES string of the molecule is CCSc1cc2ccccc2nc1SCC. The number of aromatic nitrogens is 1. The zero-order valence-corrected chi connectivity index (χ0v) is 11.2. The topological polar surface area (TPSA) is 12.9 Å². The molecule has 0 aliphatic rings. The summed E-state index contributed by atoms with van der Waals surface area (Å²) in [5.41, 5.74) is 1.10. The van der Waals surface area contributed by atoms with E-state index in [0.29, 0.717) is 0 Å². The molecule has 1 aromatic carbocycles. The normalized spacial score (nSPS) is 10.9. The minimum absolute atomic E-state index is 1.07. The zero-order chi connectivity index (χ0) is 11.4. The smallest absolute Gasteiger partial charge is 0.110 e. The molecule has 0 aliphatic heterocycles. The first-order valence-electron chi connectivity index (χ1n) is 5.50. The van der Waals surface area contributed by atoms with Crippen molar-refractivity contribution in [3.05, 3.63) is 30.3 Å². The van der Waals surface area contributed by atoms with E-state index in [9.17, 15) is 0 Å². The Balaban J connectivity index is 2.51. The number of nitrogens with zero attached hydrogens (tertiary/aromatic N) is 1. The molecule has 0 amide bonds. The largest absolute Gasteiger partial charge is 0.240 e. The Morgan fingerprint density at radius 1 is 1.06 bits per heavy atom. The van der Waals surface area contributed by atoms with Gasteiger partial charge in [0, 0.05) is 10.3 Å². The number of para-hydroxylation sites is 1. The van der Waals surface area contributed by atoms with Crippen LogP contribution in [0.1, 0.15) is 13.8 Å². The maximum atomic E-state index is 4.73. The van der Waals surface area contributed by atoms with Gasteiger partial charge < -0.3 is 0 Å². The van der Waals surface area contributed by atoms with Gasteiger partial charge in [0.25, 0.3) is 0 Å². The number of hydrogen-bond donors (Lipinski definition) is 0. The Kier molecular flexibility index (Phi) is 4.13. The van der Waals surface area contributed by atoms with Crippen LogP contribution in [0, 0.1) is 0 Å². The molecule has 0 spiro atoms. The van der Waals surface area contributed by atoms with Gasteiger partial charge in [0.1, 0.15) is 5.03 Å². The maximum absolute atomic E-state index is 4.73. The van der Waals surface area contributed by atoms with Crippen molar-refractivity contribution < 1.29 is 0 Å². The van der Waals surface area contributed by atoms with Crippen LogP contribution in [0.4, 0.5) is 0 Å². The molecule has 2 aromatic rings. The van der Waals surface area contributed by atoms with E-state index in [4.69, 9.17) is 4.98 Å². The predicted molar refractivity (Wildman–Crippen MR) is 74.5 cm³/mol. The van der Waals surface area contributed by atoms with Crippen molar-refractivity contribution in [2.45, 2.75) is 23.8 Å². The third-order valence-corrected chi connectivity index (χ3v) is 4.15. The minimum Gasteiger partial charge on any atom is -0.240 e. The monoisotopic (exact) mass is 249 g/mol. The van der Waals surface area contributed by atoms with Crippen LogP contribution in [0.15, 0.2) is 40.3 Å². The summed E-state index contributed by atoms with van der Waals surface area (Å²) in [6, 6.07) is 10.6. The van der Waals surface area contributed by atoms with Gasteiger partial charge in [-0.1, -0.05) is 32.0 Å². The lowest BCUT2D eigenvalue weighted by Crippen LogP contribution is -1.88. The van der Waals surface area contributed by atoms with Gasteiger partial charge in [0.2, 0.25) is 0 Å². The molecule has 0 saturated heterocycles. The van der Waals surface area contributed by atoms with Crippen molar-refractivity contribution in [2.75, 3.05) is 11.5 Å². The van der Waals surface area contributed by atoms with Gasteiger partial charge in [-0.15, -0.1) is 23.5 Å². The molecule has 1 aromatic heterocycles. The number of fused-ring (bicyclic) bond motifs is 1. The van der Waals surface area contributed by atoms with Gasteiger partial charge in [-0.05, 0) is 23.6 Å². The summed E-state index contributed by atoms with van der Waals surface area (Å²) in [6.07, 6.45) is 0. The van der Waals surface area contributed by atoms with Crippen LogP contribution in [0.3, 0.4) is 0 Å². The van der Waals surface area contributed by atoms with E-state index in [1.807, 2.05) is 29.6 Å². The van der Waals surface area contributed by atoms with Gasteiger partial charge >= 0.3 is 0 Å². The Morgan fingerprint density at radius 2 is 1.81 bits per heavy atom. The van der Waals surface area contributed by atoms with Crippen LogP contribution in [0.2, 0.25) is 0 Å². The molecule has 1 nitrogen and oxygen atoms in total. The third kappa shape index (κ3) is 2.53. The first-order chi connectivity index (χ1) is 7.85. The fourth-order valence-electron chi connectivity index (χ4n) is 1.58. The highest BCUT2D eigenvalue weighted by Gasteiger charge is 2.06. The number of hydrogen-bond acceptors (Lipinski definition) is 3. The van der Waals surface area contributed by atoms with Crippen molar-refractivity contribution >= 4 is 34.4 Å². The molecule has 2 rings (SSSR count). The van der Waals surface area contributed by atoms with Gasteiger partial charge in [0.05, 0.1) is 5.52 Å². The van der Waals surface area contributed by atoms with Crippen molar-refractivity contribution in [1.82, 2.24) is 4.98 Å². The lowest BCUT2D eigenvalue weighted by atomic mass is 10.2. The molecule has 0 fully saturated rings. The van der Waals surface area contributed by atoms with E-state index in [1.165, 1.54) is 15.3 Å². The second kappa shape index (κ2) is 5.60. The average molecular weight is 249 g/mol. The van der Waals surface area contributed by atoms with Crippen molar-refractivity contribution in [3.8, 4) is 0 Å². The summed E-state index contributed by atoms with van der Waals surface area (Å²) in [5, 5.41) is 2.41. The van der Waals surface area contributed by atoms with Crippen molar-refractivity contribution in [2.24, 2.45) is 0 Å². The fourth-order valence-corrected chi connectivity index (χ4v) is 3.26. The number of thioether (sulfide) groups is 2. The highest BCUT2D eigenvalue weighted by atomic mass is 32.2. The average Bonchev–Trinajstić information content (AvgIpc) is 2.30. The molecule has 0 N–H and O–H groups in total. The Hall–Kier alpha value is -0.670. The van der Waals surface area contributed by atoms with Crippen LogP contribution in [-0.4, -0.2) is 16.5 Å².